The molecule has 0 atom stereocenters. The lowest BCUT2D eigenvalue weighted by Crippen LogP contribution is -2.39. The van der Waals surface area contributed by atoms with Crippen LogP contribution in [-0.2, 0) is 0 Å². The summed E-state index contributed by atoms with van der Waals surface area (Å²) in [6.07, 6.45) is 8.44. The first-order valence-corrected chi connectivity index (χ1v) is 8.74. The Balaban J connectivity index is 0.00000243. The molecular weight excluding hydrogens is 332 g/mol. The van der Waals surface area contributed by atoms with Crippen molar-refractivity contribution in [3.05, 3.63) is 18.2 Å². The van der Waals surface area contributed by atoms with E-state index in [1.54, 1.807) is 13.2 Å². The van der Waals surface area contributed by atoms with Gasteiger partial charge >= 0.3 is 0 Å². The second-order valence-electron chi connectivity index (χ2n) is 6.72. The first-order valence-electron chi connectivity index (χ1n) is 8.74. The van der Waals surface area contributed by atoms with Crippen LogP contribution in [0.2, 0.25) is 0 Å². The summed E-state index contributed by atoms with van der Waals surface area (Å²) in [6.45, 7) is 4.15. The van der Waals surface area contributed by atoms with Crippen molar-refractivity contribution in [2.45, 2.75) is 57.4 Å². The zero-order chi connectivity index (χ0) is 17.9. The Morgan fingerprint density at radius 2 is 1.85 bits per heavy atom. The molecule has 0 aliphatic heterocycles. The highest BCUT2D eigenvalue weighted by atomic mass is 16.0. The van der Waals surface area contributed by atoms with Gasteiger partial charge in [0, 0.05) is 25.4 Å². The van der Waals surface area contributed by atoms with E-state index in [0.717, 1.165) is 31.5 Å². The van der Waals surface area contributed by atoms with Crippen molar-refractivity contribution < 1.29 is 5.48 Å². The van der Waals surface area contributed by atoms with Gasteiger partial charge in [-0.25, -0.2) is 4.98 Å². The molecule has 0 bridgehead atoms. The van der Waals surface area contributed by atoms with Gasteiger partial charge in [0.1, 0.15) is 11.4 Å². The number of nitriles is 1. The lowest BCUT2D eigenvalue weighted by atomic mass is 9.83. The predicted molar refractivity (Wildman–Crippen MR) is 99.3 cm³/mol. The van der Waals surface area contributed by atoms with E-state index in [0.29, 0.717) is 17.8 Å². The molecule has 3 rings (SSSR count). The molecule has 1 saturated carbocycles. The zero-order valence-corrected chi connectivity index (χ0v) is 15.5. The molecule has 140 valence electrons. The summed E-state index contributed by atoms with van der Waals surface area (Å²) in [5.74, 6) is 2.49. The fraction of sp³-hybridized carbons (Fsp3) is 0.588. The number of aromatic nitrogens is 5. The first kappa shape index (κ1) is 19.6. The summed E-state index contributed by atoms with van der Waals surface area (Å²) >= 11 is 0. The first-order chi connectivity index (χ1) is 12.1. The van der Waals surface area contributed by atoms with Crippen LogP contribution in [0.4, 0.5) is 11.9 Å². The smallest absolute Gasteiger partial charge is 0.241 e. The van der Waals surface area contributed by atoms with Crippen LogP contribution < -0.4 is 10.6 Å². The van der Waals surface area contributed by atoms with Crippen molar-refractivity contribution in [2.75, 3.05) is 17.7 Å². The summed E-state index contributed by atoms with van der Waals surface area (Å²) in [7, 11) is 1.76. The molecule has 0 unspecified atom stereocenters. The van der Waals surface area contributed by atoms with E-state index < -0.39 is 5.54 Å². The van der Waals surface area contributed by atoms with E-state index in [4.69, 9.17) is 0 Å². The van der Waals surface area contributed by atoms with Crippen LogP contribution in [0, 0.1) is 11.3 Å². The fourth-order valence-corrected chi connectivity index (χ4v) is 3.19. The van der Waals surface area contributed by atoms with Crippen LogP contribution in [0.1, 0.15) is 57.7 Å². The van der Waals surface area contributed by atoms with E-state index in [2.05, 4.69) is 50.5 Å². The van der Waals surface area contributed by atoms with Crippen LogP contribution in [0.5, 0.6) is 0 Å². The highest BCUT2D eigenvalue weighted by Crippen LogP contribution is 2.30. The van der Waals surface area contributed by atoms with Gasteiger partial charge < -0.3 is 16.1 Å². The standard InChI is InChI=1S/C17H24N8.H2O/c1-12(2)13-20-9-10-25(13)16-22-14(19-3)21-15(23-16)24-17(11-18)7-5-4-6-8-17;/h9-10,12H,4-8H2,1-3H3,(H2,19,21,22,23,24);1H2. The molecule has 0 spiro atoms. The molecule has 2 heterocycles. The Kier molecular flexibility index (Phi) is 6.10. The van der Waals surface area contributed by atoms with E-state index in [-0.39, 0.29) is 11.4 Å². The van der Waals surface area contributed by atoms with Gasteiger partial charge in [-0.1, -0.05) is 33.1 Å². The van der Waals surface area contributed by atoms with Crippen molar-refractivity contribution >= 4 is 11.9 Å². The van der Waals surface area contributed by atoms with E-state index >= 15 is 0 Å². The number of hydrogen-bond acceptors (Lipinski definition) is 7. The van der Waals surface area contributed by atoms with Crippen LogP contribution >= 0.6 is 0 Å². The maximum atomic E-state index is 9.69. The molecule has 1 aliphatic rings. The molecule has 26 heavy (non-hydrogen) atoms. The molecule has 1 aliphatic carbocycles. The summed E-state index contributed by atoms with van der Waals surface area (Å²) < 4.78 is 1.86. The Morgan fingerprint density at radius 3 is 2.46 bits per heavy atom. The molecule has 9 nitrogen and oxygen atoms in total. The molecule has 0 aromatic carbocycles. The van der Waals surface area contributed by atoms with Gasteiger partial charge in [0.15, 0.2) is 0 Å². The summed E-state index contributed by atoms with van der Waals surface area (Å²) in [4.78, 5) is 17.8. The molecule has 0 amide bonds. The molecule has 9 heteroatoms. The maximum absolute atomic E-state index is 9.69. The normalized spacial score (nSPS) is 15.8. The lowest BCUT2D eigenvalue weighted by molar-refractivity contribution is 0.390. The van der Waals surface area contributed by atoms with Gasteiger partial charge in [0.2, 0.25) is 17.8 Å². The Labute approximate surface area is 153 Å². The molecule has 0 radical (unpaired) electrons. The van der Waals surface area contributed by atoms with Gasteiger partial charge in [-0.05, 0) is 12.8 Å². The maximum Gasteiger partial charge on any atom is 0.241 e. The van der Waals surface area contributed by atoms with Crippen LogP contribution in [0.15, 0.2) is 12.4 Å². The minimum atomic E-state index is -0.600. The highest BCUT2D eigenvalue weighted by molar-refractivity contribution is 5.42. The van der Waals surface area contributed by atoms with Crippen molar-refractivity contribution in [3.63, 3.8) is 0 Å². The topological polar surface area (TPSA) is 136 Å². The van der Waals surface area contributed by atoms with E-state index in [1.807, 2.05) is 10.8 Å². The van der Waals surface area contributed by atoms with Crippen molar-refractivity contribution in [3.8, 4) is 12.0 Å². The van der Waals surface area contributed by atoms with E-state index in [1.165, 1.54) is 6.42 Å². The van der Waals surface area contributed by atoms with Crippen LogP contribution in [-0.4, -0.2) is 42.6 Å². The Hall–Kier alpha value is -2.73. The molecule has 4 N–H and O–H groups in total. The van der Waals surface area contributed by atoms with Crippen molar-refractivity contribution in [2.24, 2.45) is 0 Å². The predicted octanol–water partition coefficient (Wildman–Crippen LogP) is 2.04. The average molecular weight is 358 g/mol. The monoisotopic (exact) mass is 358 g/mol. The average Bonchev–Trinajstić information content (AvgIpc) is 3.12. The molecular formula is C17H26N8O. The third kappa shape index (κ3) is 3.91. The van der Waals surface area contributed by atoms with Gasteiger partial charge in [-0.2, -0.15) is 20.2 Å². The number of anilines is 2. The molecule has 0 saturated heterocycles. The summed E-state index contributed by atoms with van der Waals surface area (Å²) in [5.41, 5.74) is -0.600. The largest absolute Gasteiger partial charge is 0.412 e. The SMILES string of the molecule is CNc1nc(NC2(C#N)CCCCC2)nc(-n2ccnc2C(C)C)n1.O. The quantitative estimate of drug-likeness (QED) is 0.834. The van der Waals surface area contributed by atoms with Crippen LogP contribution in [0.25, 0.3) is 5.95 Å². The van der Waals surface area contributed by atoms with Crippen molar-refractivity contribution in [1.82, 2.24) is 24.5 Å². The number of rotatable bonds is 5. The third-order valence-electron chi connectivity index (χ3n) is 4.52. The van der Waals surface area contributed by atoms with Crippen LogP contribution in [0.3, 0.4) is 0 Å². The summed E-state index contributed by atoms with van der Waals surface area (Å²) in [5, 5.41) is 15.9. The minimum absolute atomic E-state index is 0. The third-order valence-corrected chi connectivity index (χ3v) is 4.52. The number of nitrogens with zero attached hydrogens (tertiary/aromatic N) is 6. The van der Waals surface area contributed by atoms with E-state index in [9.17, 15) is 5.26 Å². The van der Waals surface area contributed by atoms with Gasteiger partial charge in [-0.15, -0.1) is 0 Å². The second kappa shape index (κ2) is 8.10. The Morgan fingerprint density at radius 1 is 1.15 bits per heavy atom. The highest BCUT2D eigenvalue weighted by Gasteiger charge is 2.33. The number of nitrogens with one attached hydrogen (secondary N) is 2. The van der Waals surface area contributed by atoms with Gasteiger partial charge in [-0.3, -0.25) is 4.57 Å². The van der Waals surface area contributed by atoms with Gasteiger partial charge in [0.05, 0.1) is 6.07 Å². The van der Waals surface area contributed by atoms with Gasteiger partial charge in [0.25, 0.3) is 0 Å². The summed E-state index contributed by atoms with van der Waals surface area (Å²) in [6, 6.07) is 2.44. The minimum Gasteiger partial charge on any atom is -0.412 e. The molecule has 2 aromatic rings. The number of imidazole rings is 1. The second-order valence-corrected chi connectivity index (χ2v) is 6.72. The zero-order valence-electron chi connectivity index (χ0n) is 15.5. The fourth-order valence-electron chi connectivity index (χ4n) is 3.19. The molecule has 1 fully saturated rings. The molecule has 2 aromatic heterocycles. The lowest BCUT2D eigenvalue weighted by Gasteiger charge is -2.31. The Bertz CT molecular complexity index is 773. The van der Waals surface area contributed by atoms with Crippen molar-refractivity contribution in [1.29, 1.82) is 5.26 Å². The number of hydrogen-bond donors (Lipinski definition) is 2.